The van der Waals surface area contributed by atoms with E-state index in [-0.39, 0.29) is 12.0 Å². The summed E-state index contributed by atoms with van der Waals surface area (Å²) in [5.41, 5.74) is 1.27. The molecule has 2 rings (SSSR count). The van der Waals surface area contributed by atoms with E-state index in [1.807, 2.05) is 24.3 Å². The van der Waals surface area contributed by atoms with E-state index >= 15 is 0 Å². The second kappa shape index (κ2) is 7.40. The predicted molar refractivity (Wildman–Crippen MR) is 79.3 cm³/mol. The van der Waals surface area contributed by atoms with Crippen LogP contribution in [-0.2, 0) is 4.74 Å². The molecule has 1 atom stereocenters. The molecule has 110 valence electrons. The summed E-state index contributed by atoms with van der Waals surface area (Å²) >= 11 is 0. The molecule has 21 heavy (non-hydrogen) atoms. The quantitative estimate of drug-likeness (QED) is 0.884. The molecule has 1 unspecified atom stereocenters. The highest BCUT2D eigenvalue weighted by atomic mass is 16.5. The summed E-state index contributed by atoms with van der Waals surface area (Å²) in [6.07, 6.45) is 1.30. The highest BCUT2D eigenvalue weighted by Gasteiger charge is 2.16. The van der Waals surface area contributed by atoms with Crippen LogP contribution in [0.5, 0.6) is 5.75 Å². The minimum atomic E-state index is -0.284. The third-order valence-corrected chi connectivity index (χ3v) is 3.12. The number of hydrogen-bond acceptors (Lipinski definition) is 4. The molecule has 5 heteroatoms. The number of nitrogens with zero attached hydrogens (tertiary/aromatic N) is 1. The molecule has 1 aromatic heterocycles. The van der Waals surface area contributed by atoms with Crippen LogP contribution in [0.25, 0.3) is 0 Å². The number of ether oxygens (including phenoxy) is 2. The van der Waals surface area contributed by atoms with Gasteiger partial charge >= 0.3 is 0 Å². The molecule has 0 radical (unpaired) electrons. The van der Waals surface area contributed by atoms with Gasteiger partial charge in [-0.3, -0.25) is 9.78 Å². The molecule has 1 heterocycles. The summed E-state index contributed by atoms with van der Waals surface area (Å²) in [6, 6.07) is 12.8. The van der Waals surface area contributed by atoms with Crippen LogP contribution in [0, 0.1) is 0 Å². The third-order valence-electron chi connectivity index (χ3n) is 3.12. The van der Waals surface area contributed by atoms with Gasteiger partial charge in [0.05, 0.1) is 7.11 Å². The lowest BCUT2D eigenvalue weighted by atomic mass is 10.1. The fraction of sp³-hybridized carbons (Fsp3) is 0.250. The number of nitrogens with one attached hydrogen (secondary N) is 1. The van der Waals surface area contributed by atoms with Crippen LogP contribution in [0.2, 0.25) is 0 Å². The van der Waals surface area contributed by atoms with Gasteiger partial charge in [0.15, 0.2) is 0 Å². The first kappa shape index (κ1) is 15.0. The van der Waals surface area contributed by atoms with Crippen LogP contribution in [0.3, 0.4) is 0 Å². The number of benzene rings is 1. The lowest BCUT2D eigenvalue weighted by Crippen LogP contribution is -2.29. The maximum Gasteiger partial charge on any atom is 0.269 e. The maximum atomic E-state index is 12.0. The molecular weight excluding hydrogens is 268 g/mol. The van der Waals surface area contributed by atoms with Crippen molar-refractivity contribution in [1.29, 1.82) is 0 Å². The zero-order valence-electron chi connectivity index (χ0n) is 12.1. The first-order chi connectivity index (χ1) is 10.3. The van der Waals surface area contributed by atoms with Gasteiger partial charge < -0.3 is 14.8 Å². The number of pyridine rings is 1. The molecule has 0 aliphatic rings. The van der Waals surface area contributed by atoms with Gasteiger partial charge in [-0.25, -0.2) is 0 Å². The Hall–Kier alpha value is -2.40. The van der Waals surface area contributed by atoms with E-state index in [0.717, 1.165) is 11.3 Å². The molecule has 2 aromatic rings. The van der Waals surface area contributed by atoms with Crippen molar-refractivity contribution in [2.24, 2.45) is 0 Å². The van der Waals surface area contributed by atoms with Crippen molar-refractivity contribution in [2.75, 3.05) is 20.8 Å². The van der Waals surface area contributed by atoms with E-state index in [1.54, 1.807) is 38.6 Å². The maximum absolute atomic E-state index is 12.0. The van der Waals surface area contributed by atoms with Crippen LogP contribution in [0.15, 0.2) is 48.7 Å². The Kier molecular flexibility index (Phi) is 5.29. The molecule has 1 amide bonds. The molecule has 0 spiro atoms. The van der Waals surface area contributed by atoms with Gasteiger partial charge in [0.2, 0.25) is 0 Å². The molecule has 1 N–H and O–H groups in total. The Morgan fingerprint density at radius 3 is 2.62 bits per heavy atom. The van der Waals surface area contributed by atoms with Crippen molar-refractivity contribution in [3.05, 3.63) is 59.9 Å². The molecule has 0 saturated carbocycles. The molecule has 5 nitrogen and oxygen atoms in total. The van der Waals surface area contributed by atoms with Crippen LogP contribution in [-0.4, -0.2) is 31.7 Å². The van der Waals surface area contributed by atoms with Crippen LogP contribution in [0.1, 0.15) is 22.2 Å². The smallest absolute Gasteiger partial charge is 0.269 e. The second-order valence-electron chi connectivity index (χ2n) is 4.39. The largest absolute Gasteiger partial charge is 0.496 e. The van der Waals surface area contributed by atoms with Gasteiger partial charge in [0.25, 0.3) is 5.91 Å². The predicted octanol–water partition coefficient (Wildman–Crippen LogP) is 2.21. The summed E-state index contributed by atoms with van der Waals surface area (Å²) in [6.45, 7) is 0.340. The summed E-state index contributed by atoms with van der Waals surface area (Å²) in [4.78, 5) is 16.0. The number of carbonyl (C=O) groups excluding carboxylic acids is 1. The van der Waals surface area contributed by atoms with Gasteiger partial charge in [0.1, 0.15) is 17.5 Å². The van der Waals surface area contributed by atoms with E-state index < -0.39 is 0 Å². The summed E-state index contributed by atoms with van der Waals surface area (Å²) in [5, 5.41) is 2.82. The van der Waals surface area contributed by atoms with Crippen LogP contribution >= 0.6 is 0 Å². The van der Waals surface area contributed by atoms with Gasteiger partial charge in [-0.15, -0.1) is 0 Å². The van der Waals surface area contributed by atoms with E-state index in [2.05, 4.69) is 10.3 Å². The Labute approximate surface area is 123 Å². The van der Waals surface area contributed by atoms with Crippen molar-refractivity contribution < 1.29 is 14.3 Å². The average molecular weight is 286 g/mol. The van der Waals surface area contributed by atoms with E-state index in [9.17, 15) is 4.79 Å². The Morgan fingerprint density at radius 1 is 1.19 bits per heavy atom. The normalized spacial score (nSPS) is 11.7. The zero-order chi connectivity index (χ0) is 15.1. The molecule has 0 aliphatic carbocycles. The number of rotatable bonds is 6. The van der Waals surface area contributed by atoms with E-state index in [4.69, 9.17) is 9.47 Å². The number of amides is 1. The van der Waals surface area contributed by atoms with E-state index in [1.165, 1.54) is 0 Å². The number of carbonyl (C=O) groups is 1. The molecule has 0 bridgehead atoms. The lowest BCUT2D eigenvalue weighted by Gasteiger charge is -2.18. The van der Waals surface area contributed by atoms with Crippen molar-refractivity contribution in [3.8, 4) is 5.75 Å². The number of para-hydroxylation sites is 1. The van der Waals surface area contributed by atoms with Crippen molar-refractivity contribution >= 4 is 5.91 Å². The Balaban J connectivity index is 2.05. The topological polar surface area (TPSA) is 60.5 Å². The third kappa shape index (κ3) is 3.79. The molecule has 0 aliphatic heterocycles. The molecule has 0 saturated heterocycles. The molecule has 1 aromatic carbocycles. The fourth-order valence-corrected chi connectivity index (χ4v) is 2.03. The van der Waals surface area contributed by atoms with Gasteiger partial charge in [0, 0.05) is 25.4 Å². The van der Waals surface area contributed by atoms with Crippen molar-refractivity contribution in [2.45, 2.75) is 6.10 Å². The first-order valence-electron chi connectivity index (χ1n) is 6.61. The lowest BCUT2D eigenvalue weighted by molar-refractivity contribution is 0.0815. The number of aromatic nitrogens is 1. The van der Waals surface area contributed by atoms with Gasteiger partial charge in [-0.2, -0.15) is 0 Å². The second-order valence-corrected chi connectivity index (χ2v) is 4.39. The summed E-state index contributed by atoms with van der Waals surface area (Å²) < 4.78 is 10.8. The average Bonchev–Trinajstić information content (AvgIpc) is 2.56. The SMILES string of the molecule is COc1ccccc1C(CNC(=O)c1ccccn1)OC. The van der Waals surface area contributed by atoms with E-state index in [0.29, 0.717) is 12.2 Å². The standard InChI is InChI=1S/C16H18N2O3/c1-20-14-9-4-3-7-12(14)15(21-2)11-18-16(19)13-8-5-6-10-17-13/h3-10,15H,11H2,1-2H3,(H,18,19). The van der Waals surface area contributed by atoms with Crippen molar-refractivity contribution in [3.63, 3.8) is 0 Å². The Morgan fingerprint density at radius 2 is 1.95 bits per heavy atom. The highest BCUT2D eigenvalue weighted by Crippen LogP contribution is 2.26. The summed E-state index contributed by atoms with van der Waals surface area (Å²) in [7, 11) is 3.21. The number of methoxy groups -OCH3 is 2. The van der Waals surface area contributed by atoms with Crippen LogP contribution in [0.4, 0.5) is 0 Å². The minimum absolute atomic E-state index is 0.229. The zero-order valence-corrected chi connectivity index (χ0v) is 12.1. The van der Waals surface area contributed by atoms with Crippen molar-refractivity contribution in [1.82, 2.24) is 10.3 Å². The van der Waals surface area contributed by atoms with Crippen LogP contribution < -0.4 is 10.1 Å². The molecule has 0 fully saturated rings. The van der Waals surface area contributed by atoms with Gasteiger partial charge in [-0.1, -0.05) is 24.3 Å². The molecular formula is C16H18N2O3. The number of hydrogen-bond donors (Lipinski definition) is 1. The highest BCUT2D eigenvalue weighted by molar-refractivity contribution is 5.92. The monoisotopic (exact) mass is 286 g/mol. The minimum Gasteiger partial charge on any atom is -0.496 e. The Bertz CT molecular complexity index is 587. The summed E-state index contributed by atoms with van der Waals surface area (Å²) in [5.74, 6) is 0.504. The fourth-order valence-electron chi connectivity index (χ4n) is 2.03. The first-order valence-corrected chi connectivity index (χ1v) is 6.61. The van der Waals surface area contributed by atoms with Gasteiger partial charge in [-0.05, 0) is 18.2 Å².